The molecule has 31 heavy (non-hydrogen) atoms. The average molecular weight is 453 g/mol. The highest BCUT2D eigenvalue weighted by molar-refractivity contribution is 7.89. The SMILES string of the molecule is C[C@@H](C(=O)Nc1ccc(S(=O)(=O)N2CCOCC2)cc1)N1CCC(C(=O)N(C)C)CC1. The third-order valence-corrected chi connectivity index (χ3v) is 7.89. The van der Waals surface area contributed by atoms with Crippen molar-refractivity contribution in [1.82, 2.24) is 14.1 Å². The second-order valence-electron chi connectivity index (χ2n) is 8.25. The van der Waals surface area contributed by atoms with E-state index in [-0.39, 0.29) is 28.7 Å². The lowest BCUT2D eigenvalue weighted by atomic mass is 9.94. The molecule has 3 rings (SSSR count). The number of likely N-dealkylation sites (tertiary alicyclic amines) is 1. The van der Waals surface area contributed by atoms with Crippen LogP contribution < -0.4 is 5.32 Å². The zero-order valence-electron chi connectivity index (χ0n) is 18.4. The van der Waals surface area contributed by atoms with Crippen molar-refractivity contribution in [1.29, 1.82) is 0 Å². The second-order valence-corrected chi connectivity index (χ2v) is 10.2. The van der Waals surface area contributed by atoms with Crippen LogP contribution in [0.5, 0.6) is 0 Å². The summed E-state index contributed by atoms with van der Waals surface area (Å²) in [5.41, 5.74) is 0.551. The number of amides is 2. The molecule has 2 heterocycles. The van der Waals surface area contributed by atoms with Gasteiger partial charge in [0.25, 0.3) is 0 Å². The average Bonchev–Trinajstić information content (AvgIpc) is 2.79. The molecule has 0 aromatic heterocycles. The first-order valence-corrected chi connectivity index (χ1v) is 12.1. The zero-order chi connectivity index (χ0) is 22.6. The van der Waals surface area contributed by atoms with E-state index >= 15 is 0 Å². The maximum atomic E-state index is 12.7. The number of carbonyl (C=O) groups excluding carboxylic acids is 2. The smallest absolute Gasteiger partial charge is 0.243 e. The predicted octanol–water partition coefficient (Wildman–Crippen LogP) is 0.835. The van der Waals surface area contributed by atoms with Gasteiger partial charge in [-0.3, -0.25) is 14.5 Å². The largest absolute Gasteiger partial charge is 0.379 e. The lowest BCUT2D eigenvalue weighted by Crippen LogP contribution is -2.48. The monoisotopic (exact) mass is 452 g/mol. The molecule has 0 aliphatic carbocycles. The first-order chi connectivity index (χ1) is 14.7. The van der Waals surface area contributed by atoms with Crippen LogP contribution in [-0.4, -0.2) is 93.9 Å². The molecule has 1 atom stereocenters. The number of piperidine rings is 1. The molecular formula is C21H32N4O5S. The number of carbonyl (C=O) groups is 2. The molecule has 0 unspecified atom stereocenters. The molecule has 0 radical (unpaired) electrons. The number of nitrogens with zero attached hydrogens (tertiary/aromatic N) is 3. The highest BCUT2D eigenvalue weighted by atomic mass is 32.2. The van der Waals surface area contributed by atoms with Gasteiger partial charge < -0.3 is 15.0 Å². The van der Waals surface area contributed by atoms with Crippen molar-refractivity contribution in [2.75, 3.05) is 58.8 Å². The van der Waals surface area contributed by atoms with E-state index in [0.717, 1.165) is 12.8 Å². The number of hydrogen-bond acceptors (Lipinski definition) is 6. The van der Waals surface area contributed by atoms with Crippen LogP contribution in [0.2, 0.25) is 0 Å². The minimum atomic E-state index is -3.56. The van der Waals surface area contributed by atoms with Crippen LogP contribution in [0.25, 0.3) is 0 Å². The number of sulfonamides is 1. The number of morpholine rings is 1. The van der Waals surface area contributed by atoms with Crippen LogP contribution in [0.1, 0.15) is 19.8 Å². The molecule has 1 aromatic rings. The molecule has 0 spiro atoms. The molecular weight excluding hydrogens is 420 g/mol. The van der Waals surface area contributed by atoms with Gasteiger partial charge in [-0.05, 0) is 57.1 Å². The topological polar surface area (TPSA) is 99.3 Å². The molecule has 2 saturated heterocycles. The number of benzene rings is 1. The summed E-state index contributed by atoms with van der Waals surface area (Å²) < 4.78 is 32.0. The first kappa shape index (κ1) is 23.6. The van der Waals surface area contributed by atoms with E-state index < -0.39 is 10.0 Å². The summed E-state index contributed by atoms with van der Waals surface area (Å²) in [4.78, 5) is 28.7. The van der Waals surface area contributed by atoms with Crippen LogP contribution >= 0.6 is 0 Å². The van der Waals surface area contributed by atoms with Crippen molar-refractivity contribution in [2.45, 2.75) is 30.7 Å². The second kappa shape index (κ2) is 10.1. The Hall–Kier alpha value is -2.01. The van der Waals surface area contributed by atoms with Gasteiger partial charge in [0.1, 0.15) is 0 Å². The summed E-state index contributed by atoms with van der Waals surface area (Å²) in [5.74, 6) is 0.00696. The number of anilines is 1. The van der Waals surface area contributed by atoms with Crippen LogP contribution in [-0.2, 0) is 24.3 Å². The maximum Gasteiger partial charge on any atom is 0.243 e. The summed E-state index contributed by atoms with van der Waals surface area (Å²) in [6.45, 7) is 4.70. The summed E-state index contributed by atoms with van der Waals surface area (Å²) in [5, 5.41) is 2.87. The highest BCUT2D eigenvalue weighted by Gasteiger charge is 2.30. The molecule has 0 saturated carbocycles. The fourth-order valence-corrected chi connectivity index (χ4v) is 5.37. The minimum Gasteiger partial charge on any atom is -0.379 e. The molecule has 172 valence electrons. The number of rotatable bonds is 6. The van der Waals surface area contributed by atoms with E-state index in [2.05, 4.69) is 10.2 Å². The number of nitrogens with one attached hydrogen (secondary N) is 1. The van der Waals surface area contributed by atoms with Crippen molar-refractivity contribution >= 4 is 27.5 Å². The quantitative estimate of drug-likeness (QED) is 0.687. The molecule has 10 heteroatoms. The summed E-state index contributed by atoms with van der Waals surface area (Å²) in [7, 11) is -0.0256. The van der Waals surface area contributed by atoms with E-state index in [0.29, 0.717) is 45.1 Å². The highest BCUT2D eigenvalue weighted by Crippen LogP contribution is 2.22. The van der Waals surface area contributed by atoms with E-state index in [1.807, 2.05) is 6.92 Å². The Morgan fingerprint density at radius 1 is 1.06 bits per heavy atom. The van der Waals surface area contributed by atoms with E-state index in [1.54, 1.807) is 31.1 Å². The molecule has 0 bridgehead atoms. The van der Waals surface area contributed by atoms with Gasteiger partial charge in [-0.2, -0.15) is 4.31 Å². The van der Waals surface area contributed by atoms with Crippen LogP contribution in [0.15, 0.2) is 29.2 Å². The Bertz CT molecular complexity index is 874. The number of hydrogen-bond donors (Lipinski definition) is 1. The van der Waals surface area contributed by atoms with E-state index in [9.17, 15) is 18.0 Å². The third kappa shape index (κ3) is 5.62. The summed E-state index contributed by atoms with van der Waals surface area (Å²) >= 11 is 0. The van der Waals surface area contributed by atoms with Crippen molar-refractivity contribution < 1.29 is 22.7 Å². The van der Waals surface area contributed by atoms with Crippen molar-refractivity contribution in [3.63, 3.8) is 0 Å². The Balaban J connectivity index is 1.55. The summed E-state index contributed by atoms with van der Waals surface area (Å²) in [6, 6.07) is 5.92. The lowest BCUT2D eigenvalue weighted by Gasteiger charge is -2.35. The van der Waals surface area contributed by atoms with Crippen molar-refractivity contribution in [3.8, 4) is 0 Å². The molecule has 1 N–H and O–H groups in total. The van der Waals surface area contributed by atoms with Gasteiger partial charge in [0.15, 0.2) is 0 Å². The van der Waals surface area contributed by atoms with Crippen LogP contribution in [0.4, 0.5) is 5.69 Å². The van der Waals surface area contributed by atoms with Gasteiger partial charge in [-0.1, -0.05) is 0 Å². The van der Waals surface area contributed by atoms with E-state index in [4.69, 9.17) is 4.74 Å². The fourth-order valence-electron chi connectivity index (χ4n) is 3.96. The fraction of sp³-hybridized carbons (Fsp3) is 0.619. The standard InChI is InChI=1S/C21H32N4O5S/c1-16(24-10-8-17(9-11-24)21(27)23(2)3)20(26)22-18-4-6-19(7-5-18)31(28,29)25-12-14-30-15-13-25/h4-7,16-17H,8-15H2,1-3H3,(H,22,26)/t16-/m0/s1. The molecule has 2 aliphatic rings. The Labute approximate surface area is 184 Å². The lowest BCUT2D eigenvalue weighted by molar-refractivity contribution is -0.134. The Morgan fingerprint density at radius 3 is 2.19 bits per heavy atom. The van der Waals surface area contributed by atoms with Gasteiger partial charge in [0.2, 0.25) is 21.8 Å². The molecule has 9 nitrogen and oxygen atoms in total. The normalized spacial score (nSPS) is 20.2. The number of ether oxygens (including phenoxy) is 1. The zero-order valence-corrected chi connectivity index (χ0v) is 19.2. The van der Waals surface area contributed by atoms with Crippen LogP contribution in [0.3, 0.4) is 0 Å². The molecule has 2 aliphatic heterocycles. The van der Waals surface area contributed by atoms with E-state index in [1.165, 1.54) is 16.4 Å². The predicted molar refractivity (Wildman–Crippen MR) is 117 cm³/mol. The van der Waals surface area contributed by atoms with Crippen molar-refractivity contribution in [3.05, 3.63) is 24.3 Å². The molecule has 2 amide bonds. The summed E-state index contributed by atoms with van der Waals surface area (Å²) in [6.07, 6.45) is 1.48. The Kier molecular flexibility index (Phi) is 7.68. The molecule has 2 fully saturated rings. The van der Waals surface area contributed by atoms with Gasteiger partial charge >= 0.3 is 0 Å². The van der Waals surface area contributed by atoms with Crippen molar-refractivity contribution in [2.24, 2.45) is 5.92 Å². The first-order valence-electron chi connectivity index (χ1n) is 10.6. The van der Waals surface area contributed by atoms with Crippen LogP contribution in [0, 0.1) is 5.92 Å². The maximum absolute atomic E-state index is 12.7. The van der Waals surface area contributed by atoms with Gasteiger partial charge in [-0.25, -0.2) is 8.42 Å². The third-order valence-electron chi connectivity index (χ3n) is 5.98. The van der Waals surface area contributed by atoms with Gasteiger partial charge in [0, 0.05) is 38.8 Å². The Morgan fingerprint density at radius 2 is 1.65 bits per heavy atom. The van der Waals surface area contributed by atoms with Gasteiger partial charge in [-0.15, -0.1) is 0 Å². The van der Waals surface area contributed by atoms with Gasteiger partial charge in [0.05, 0.1) is 24.2 Å². The molecule has 1 aromatic carbocycles. The minimum absolute atomic E-state index is 0.0162.